The SMILES string of the molecule is C[C@@H]1CCC[C@@H](C)N1C(=O)COC(=O)c1cc2cc(F)ccc2s1. The lowest BCUT2D eigenvalue weighted by atomic mass is 9.97. The number of thiophene rings is 1. The molecule has 0 bridgehead atoms. The molecule has 0 N–H and O–H groups in total. The molecular formula is C18H20FNO3S. The van der Waals surface area contributed by atoms with Crippen LogP contribution in [0.4, 0.5) is 4.39 Å². The highest BCUT2D eigenvalue weighted by atomic mass is 32.1. The Kier molecular flexibility index (Phi) is 4.85. The van der Waals surface area contributed by atoms with Crippen molar-refractivity contribution >= 4 is 33.3 Å². The van der Waals surface area contributed by atoms with Crippen LogP contribution in [0.25, 0.3) is 10.1 Å². The first kappa shape index (κ1) is 16.9. The van der Waals surface area contributed by atoms with E-state index in [0.29, 0.717) is 10.3 Å². The van der Waals surface area contributed by atoms with Crippen molar-refractivity contribution in [3.8, 4) is 0 Å². The monoisotopic (exact) mass is 349 g/mol. The van der Waals surface area contributed by atoms with Gasteiger partial charge in [0.15, 0.2) is 6.61 Å². The summed E-state index contributed by atoms with van der Waals surface area (Å²) in [6, 6.07) is 6.32. The second kappa shape index (κ2) is 6.89. The first-order valence-electron chi connectivity index (χ1n) is 8.13. The number of hydrogen-bond acceptors (Lipinski definition) is 4. The molecule has 4 nitrogen and oxygen atoms in total. The summed E-state index contributed by atoms with van der Waals surface area (Å²) in [6.45, 7) is 3.79. The Morgan fingerprint density at radius 3 is 2.67 bits per heavy atom. The lowest BCUT2D eigenvalue weighted by Crippen LogP contribution is -2.49. The van der Waals surface area contributed by atoms with Crippen LogP contribution in [0, 0.1) is 5.82 Å². The molecule has 0 aliphatic carbocycles. The lowest BCUT2D eigenvalue weighted by Gasteiger charge is -2.38. The van der Waals surface area contributed by atoms with Gasteiger partial charge in [-0.25, -0.2) is 9.18 Å². The Morgan fingerprint density at radius 1 is 1.25 bits per heavy atom. The van der Waals surface area contributed by atoms with E-state index < -0.39 is 5.97 Å². The van der Waals surface area contributed by atoms with E-state index in [4.69, 9.17) is 4.74 Å². The molecule has 2 atom stereocenters. The number of nitrogens with zero attached hydrogens (tertiary/aromatic N) is 1. The van der Waals surface area contributed by atoms with E-state index >= 15 is 0 Å². The van der Waals surface area contributed by atoms with Crippen molar-refractivity contribution in [3.05, 3.63) is 35.0 Å². The van der Waals surface area contributed by atoms with Crippen molar-refractivity contribution in [3.63, 3.8) is 0 Å². The molecule has 1 aromatic heterocycles. The summed E-state index contributed by atoms with van der Waals surface area (Å²) >= 11 is 1.24. The number of amides is 1. The van der Waals surface area contributed by atoms with Crippen molar-refractivity contribution in [2.24, 2.45) is 0 Å². The van der Waals surface area contributed by atoms with Crippen molar-refractivity contribution < 1.29 is 18.7 Å². The number of piperidine rings is 1. The minimum atomic E-state index is -0.540. The van der Waals surface area contributed by atoms with Gasteiger partial charge in [0, 0.05) is 16.8 Å². The number of rotatable bonds is 3. The standard InChI is InChI=1S/C18H20FNO3S/c1-11-4-3-5-12(2)20(11)17(21)10-23-18(22)16-9-13-8-14(19)6-7-15(13)24-16/h6-9,11-12H,3-5,10H2,1-2H3/t11-,12-/m1/s1. The van der Waals surface area contributed by atoms with E-state index in [9.17, 15) is 14.0 Å². The first-order chi connectivity index (χ1) is 11.5. The second-order valence-corrected chi connectivity index (χ2v) is 7.38. The zero-order chi connectivity index (χ0) is 17.3. The van der Waals surface area contributed by atoms with Crippen LogP contribution in [0.1, 0.15) is 42.8 Å². The maximum Gasteiger partial charge on any atom is 0.348 e. The molecule has 128 valence electrons. The van der Waals surface area contributed by atoms with Gasteiger partial charge < -0.3 is 9.64 Å². The molecule has 0 radical (unpaired) electrons. The number of carbonyl (C=O) groups excluding carboxylic acids is 2. The number of benzene rings is 1. The lowest BCUT2D eigenvalue weighted by molar-refractivity contribution is -0.140. The van der Waals surface area contributed by atoms with Gasteiger partial charge in [-0.3, -0.25) is 4.79 Å². The summed E-state index contributed by atoms with van der Waals surface area (Å²) in [5.41, 5.74) is 0. The summed E-state index contributed by atoms with van der Waals surface area (Å²) < 4.78 is 19.2. The largest absolute Gasteiger partial charge is 0.451 e. The number of ether oxygens (including phenoxy) is 1. The van der Waals surface area contributed by atoms with Gasteiger partial charge in [0.1, 0.15) is 10.7 Å². The fourth-order valence-electron chi connectivity index (χ4n) is 3.30. The van der Waals surface area contributed by atoms with Gasteiger partial charge in [-0.1, -0.05) is 0 Å². The molecule has 1 saturated heterocycles. The van der Waals surface area contributed by atoms with Gasteiger partial charge in [-0.05, 0) is 62.8 Å². The highest BCUT2D eigenvalue weighted by Crippen LogP contribution is 2.27. The first-order valence-corrected chi connectivity index (χ1v) is 8.94. The van der Waals surface area contributed by atoms with Crippen LogP contribution in [-0.4, -0.2) is 35.5 Å². The van der Waals surface area contributed by atoms with Crippen LogP contribution in [0.5, 0.6) is 0 Å². The summed E-state index contributed by atoms with van der Waals surface area (Å²) in [4.78, 5) is 26.7. The summed E-state index contributed by atoms with van der Waals surface area (Å²) in [5.74, 6) is -1.04. The smallest absolute Gasteiger partial charge is 0.348 e. The van der Waals surface area contributed by atoms with E-state index in [2.05, 4.69) is 0 Å². The van der Waals surface area contributed by atoms with Crippen molar-refractivity contribution in [2.75, 3.05) is 6.61 Å². The third-order valence-electron chi connectivity index (χ3n) is 4.49. The molecule has 1 amide bonds. The molecule has 1 aliphatic rings. The number of halogens is 1. The molecule has 6 heteroatoms. The molecule has 1 fully saturated rings. The predicted octanol–water partition coefficient (Wildman–Crippen LogP) is 3.99. The van der Waals surface area contributed by atoms with Gasteiger partial charge >= 0.3 is 5.97 Å². The predicted molar refractivity (Wildman–Crippen MR) is 91.7 cm³/mol. The van der Waals surface area contributed by atoms with Gasteiger partial charge in [0.05, 0.1) is 0 Å². The Labute approximate surface area is 144 Å². The maximum absolute atomic E-state index is 13.2. The number of esters is 1. The van der Waals surface area contributed by atoms with Crippen molar-refractivity contribution in [2.45, 2.75) is 45.2 Å². The van der Waals surface area contributed by atoms with Gasteiger partial charge in [-0.15, -0.1) is 11.3 Å². The quantitative estimate of drug-likeness (QED) is 0.787. The van der Waals surface area contributed by atoms with Crippen LogP contribution in [-0.2, 0) is 9.53 Å². The number of likely N-dealkylation sites (tertiary alicyclic amines) is 1. The number of hydrogen-bond donors (Lipinski definition) is 0. The third-order valence-corrected chi connectivity index (χ3v) is 5.58. The van der Waals surface area contributed by atoms with Crippen LogP contribution in [0.2, 0.25) is 0 Å². The van der Waals surface area contributed by atoms with E-state index in [-0.39, 0.29) is 30.4 Å². The van der Waals surface area contributed by atoms with Gasteiger partial charge in [0.2, 0.25) is 0 Å². The number of fused-ring (bicyclic) bond motifs is 1. The molecule has 2 heterocycles. The minimum Gasteiger partial charge on any atom is -0.451 e. The highest BCUT2D eigenvalue weighted by molar-refractivity contribution is 7.20. The van der Waals surface area contributed by atoms with Crippen molar-refractivity contribution in [1.82, 2.24) is 4.90 Å². The fraction of sp³-hybridized carbons (Fsp3) is 0.444. The molecule has 24 heavy (non-hydrogen) atoms. The van der Waals surface area contributed by atoms with E-state index in [0.717, 1.165) is 24.0 Å². The Morgan fingerprint density at radius 2 is 1.96 bits per heavy atom. The van der Waals surface area contributed by atoms with E-state index in [1.807, 2.05) is 18.7 Å². The highest BCUT2D eigenvalue weighted by Gasteiger charge is 2.29. The van der Waals surface area contributed by atoms with Crippen LogP contribution < -0.4 is 0 Å². The van der Waals surface area contributed by atoms with Crippen LogP contribution in [0.3, 0.4) is 0 Å². The summed E-state index contributed by atoms with van der Waals surface area (Å²) in [7, 11) is 0. The second-order valence-electron chi connectivity index (χ2n) is 6.30. The molecule has 1 aliphatic heterocycles. The molecular weight excluding hydrogens is 329 g/mol. The Balaban J connectivity index is 1.64. The molecule has 2 aromatic rings. The fourth-order valence-corrected chi connectivity index (χ4v) is 4.24. The van der Waals surface area contributed by atoms with Crippen molar-refractivity contribution in [1.29, 1.82) is 0 Å². The molecule has 0 unspecified atom stereocenters. The zero-order valence-electron chi connectivity index (χ0n) is 13.8. The van der Waals surface area contributed by atoms with Gasteiger partial charge in [-0.2, -0.15) is 0 Å². The zero-order valence-corrected chi connectivity index (χ0v) is 14.6. The summed E-state index contributed by atoms with van der Waals surface area (Å²) in [5, 5.41) is 0.663. The molecule has 0 spiro atoms. The van der Waals surface area contributed by atoms with E-state index in [1.54, 1.807) is 12.1 Å². The molecule has 0 saturated carbocycles. The maximum atomic E-state index is 13.2. The topological polar surface area (TPSA) is 46.6 Å². The minimum absolute atomic E-state index is 0.157. The molecule has 1 aromatic carbocycles. The van der Waals surface area contributed by atoms with Crippen LogP contribution >= 0.6 is 11.3 Å². The Bertz CT molecular complexity index is 763. The van der Waals surface area contributed by atoms with Crippen LogP contribution in [0.15, 0.2) is 24.3 Å². The average molecular weight is 349 g/mol. The third kappa shape index (κ3) is 3.43. The summed E-state index contributed by atoms with van der Waals surface area (Å²) in [6.07, 6.45) is 3.07. The van der Waals surface area contributed by atoms with E-state index in [1.165, 1.54) is 23.5 Å². The molecule has 3 rings (SSSR count). The Hall–Kier alpha value is -1.95. The van der Waals surface area contributed by atoms with Gasteiger partial charge in [0.25, 0.3) is 5.91 Å². The normalized spacial score (nSPS) is 21.0. The average Bonchev–Trinajstić information content (AvgIpc) is 2.95. The number of carbonyl (C=O) groups is 2.